The van der Waals surface area contributed by atoms with E-state index in [4.69, 9.17) is 9.47 Å². The Hall–Kier alpha value is -2.86. The molecule has 1 aromatic heterocycles. The van der Waals surface area contributed by atoms with Crippen LogP contribution in [0, 0.1) is 23.7 Å². The lowest BCUT2D eigenvalue weighted by molar-refractivity contribution is -0.00259. The summed E-state index contributed by atoms with van der Waals surface area (Å²) in [6, 6.07) is 8.16. The van der Waals surface area contributed by atoms with Crippen LogP contribution in [-0.2, 0) is 11.2 Å². The summed E-state index contributed by atoms with van der Waals surface area (Å²) < 4.78 is 12.2. The number of hydrogen-bond acceptors (Lipinski definition) is 7. The molecule has 0 saturated carbocycles. The topological polar surface area (TPSA) is 100 Å². The van der Waals surface area contributed by atoms with Gasteiger partial charge in [0, 0.05) is 24.0 Å². The standard InChI is InChI=1S/C25H30BrN5O3/c1-15-20(26)19(14-27)29-22(28-15)31-10-8-25(9-11-31)13-16-6-7-17(33-5)12-18(16)21(25)34-23(32)30-24(2,3)4/h6-7,12,21H,8-11,13H2,1-5H3,(H,30,32)/t21-/m1/s1. The number of nitriles is 1. The molecule has 1 fully saturated rings. The zero-order valence-electron chi connectivity index (χ0n) is 20.2. The number of hydrogen-bond donors (Lipinski definition) is 1. The fourth-order valence-corrected chi connectivity index (χ4v) is 5.16. The van der Waals surface area contributed by atoms with Gasteiger partial charge in [-0.15, -0.1) is 0 Å². The maximum absolute atomic E-state index is 12.8. The molecule has 9 heteroatoms. The van der Waals surface area contributed by atoms with E-state index in [1.54, 1.807) is 7.11 Å². The molecule has 2 heterocycles. The molecular formula is C25H30BrN5O3. The quantitative estimate of drug-likeness (QED) is 0.609. The smallest absolute Gasteiger partial charge is 0.408 e. The maximum atomic E-state index is 12.8. The van der Waals surface area contributed by atoms with Crippen LogP contribution in [0.3, 0.4) is 0 Å². The number of carbonyl (C=O) groups excluding carboxylic acids is 1. The van der Waals surface area contributed by atoms with Crippen molar-refractivity contribution in [3.05, 3.63) is 45.2 Å². The van der Waals surface area contributed by atoms with Crippen molar-refractivity contribution >= 4 is 28.0 Å². The molecule has 1 N–H and O–H groups in total. The number of benzene rings is 1. The molecule has 1 atom stereocenters. The number of nitrogens with zero attached hydrogens (tertiary/aromatic N) is 4. The Morgan fingerprint density at radius 2 is 2.00 bits per heavy atom. The molecule has 1 saturated heterocycles. The normalized spacial score (nSPS) is 18.9. The Morgan fingerprint density at radius 3 is 2.62 bits per heavy atom. The van der Waals surface area contributed by atoms with E-state index < -0.39 is 11.6 Å². The van der Waals surface area contributed by atoms with Crippen molar-refractivity contribution < 1.29 is 14.3 Å². The predicted octanol–water partition coefficient (Wildman–Crippen LogP) is 4.84. The number of anilines is 1. The third-order valence-corrected chi connectivity index (χ3v) is 7.54. The Morgan fingerprint density at radius 1 is 1.29 bits per heavy atom. The van der Waals surface area contributed by atoms with Gasteiger partial charge in [-0.2, -0.15) is 5.26 Å². The number of fused-ring (bicyclic) bond motifs is 1. The molecule has 180 valence electrons. The zero-order valence-corrected chi connectivity index (χ0v) is 21.8. The van der Waals surface area contributed by atoms with Crippen molar-refractivity contribution in [1.29, 1.82) is 5.26 Å². The maximum Gasteiger partial charge on any atom is 0.408 e. The van der Waals surface area contributed by atoms with E-state index in [1.165, 1.54) is 5.56 Å². The molecule has 1 aliphatic carbocycles. The summed E-state index contributed by atoms with van der Waals surface area (Å²) in [5.74, 6) is 1.31. The molecule has 1 aliphatic heterocycles. The van der Waals surface area contributed by atoms with Gasteiger partial charge in [-0.25, -0.2) is 14.8 Å². The van der Waals surface area contributed by atoms with Gasteiger partial charge in [0.1, 0.15) is 17.9 Å². The van der Waals surface area contributed by atoms with Crippen molar-refractivity contribution in [2.45, 2.75) is 58.6 Å². The fraction of sp³-hybridized carbons (Fsp3) is 0.520. The van der Waals surface area contributed by atoms with Crippen molar-refractivity contribution in [2.24, 2.45) is 5.41 Å². The van der Waals surface area contributed by atoms with Crippen LogP contribution in [-0.4, -0.2) is 41.8 Å². The number of rotatable bonds is 3. The zero-order chi connectivity index (χ0) is 24.7. The Bertz CT molecular complexity index is 1150. The number of nitrogens with one attached hydrogen (secondary N) is 1. The molecule has 1 spiro atoms. The Kier molecular flexibility index (Phi) is 6.47. The number of aromatic nitrogens is 2. The molecular weight excluding hydrogens is 498 g/mol. The fourth-order valence-electron chi connectivity index (χ4n) is 4.89. The van der Waals surface area contributed by atoms with Gasteiger partial charge in [0.2, 0.25) is 5.95 Å². The summed E-state index contributed by atoms with van der Waals surface area (Å²) in [5.41, 5.74) is 2.66. The highest BCUT2D eigenvalue weighted by molar-refractivity contribution is 9.10. The van der Waals surface area contributed by atoms with Gasteiger partial charge in [-0.05, 0) is 86.1 Å². The predicted molar refractivity (Wildman–Crippen MR) is 132 cm³/mol. The highest BCUT2D eigenvalue weighted by Gasteiger charge is 2.50. The van der Waals surface area contributed by atoms with Gasteiger partial charge < -0.3 is 19.7 Å². The Balaban J connectivity index is 1.60. The summed E-state index contributed by atoms with van der Waals surface area (Å²) in [6.45, 7) is 9.08. The van der Waals surface area contributed by atoms with Gasteiger partial charge in [0.15, 0.2) is 5.69 Å². The van der Waals surface area contributed by atoms with Gasteiger partial charge in [0.25, 0.3) is 0 Å². The molecule has 2 aromatic rings. The first kappa shape index (κ1) is 24.3. The average Bonchev–Trinajstić information content (AvgIpc) is 3.06. The lowest BCUT2D eigenvalue weighted by Crippen LogP contribution is -2.46. The van der Waals surface area contributed by atoms with Crippen LogP contribution in [0.15, 0.2) is 22.7 Å². The molecule has 34 heavy (non-hydrogen) atoms. The number of piperidine rings is 1. The summed E-state index contributed by atoms with van der Waals surface area (Å²) >= 11 is 3.40. The van der Waals surface area contributed by atoms with Crippen LogP contribution in [0.25, 0.3) is 0 Å². The number of carbonyl (C=O) groups is 1. The van der Waals surface area contributed by atoms with E-state index in [-0.39, 0.29) is 11.5 Å². The van der Waals surface area contributed by atoms with Crippen molar-refractivity contribution in [2.75, 3.05) is 25.1 Å². The molecule has 8 nitrogen and oxygen atoms in total. The molecule has 0 unspecified atom stereocenters. The third kappa shape index (κ3) is 4.69. The monoisotopic (exact) mass is 527 g/mol. The molecule has 0 radical (unpaired) electrons. The minimum atomic E-state index is -0.416. The van der Waals surface area contributed by atoms with E-state index in [0.717, 1.165) is 36.3 Å². The van der Waals surface area contributed by atoms with E-state index in [9.17, 15) is 10.1 Å². The lowest BCUT2D eigenvalue weighted by atomic mass is 9.74. The number of ether oxygens (including phenoxy) is 2. The Labute approximate surface area is 208 Å². The molecule has 1 aromatic carbocycles. The number of methoxy groups -OCH3 is 1. The first-order chi connectivity index (χ1) is 16.0. The highest BCUT2D eigenvalue weighted by Crippen LogP contribution is 2.54. The number of alkyl carbamates (subject to hydrolysis) is 1. The molecule has 0 bridgehead atoms. The van der Waals surface area contributed by atoms with Crippen LogP contribution >= 0.6 is 15.9 Å². The highest BCUT2D eigenvalue weighted by atomic mass is 79.9. The van der Waals surface area contributed by atoms with Gasteiger partial charge in [-0.3, -0.25) is 0 Å². The number of halogens is 1. The van der Waals surface area contributed by atoms with Crippen molar-refractivity contribution in [3.8, 4) is 11.8 Å². The summed E-state index contributed by atoms with van der Waals surface area (Å²) in [5, 5.41) is 12.4. The lowest BCUT2D eigenvalue weighted by Gasteiger charge is -2.43. The van der Waals surface area contributed by atoms with E-state index in [1.807, 2.05) is 39.8 Å². The van der Waals surface area contributed by atoms with E-state index in [2.05, 4.69) is 48.3 Å². The van der Waals surface area contributed by atoms with Crippen molar-refractivity contribution in [3.63, 3.8) is 0 Å². The third-order valence-electron chi connectivity index (χ3n) is 6.59. The van der Waals surface area contributed by atoms with E-state index >= 15 is 0 Å². The summed E-state index contributed by atoms with van der Waals surface area (Å²) in [7, 11) is 1.64. The van der Waals surface area contributed by atoms with Gasteiger partial charge in [0.05, 0.1) is 17.3 Å². The molecule has 2 aliphatic rings. The number of amides is 1. The van der Waals surface area contributed by atoms with Gasteiger partial charge in [-0.1, -0.05) is 6.07 Å². The summed E-state index contributed by atoms with van der Waals surface area (Å²) in [4.78, 5) is 24.0. The van der Waals surface area contributed by atoms with Crippen LogP contribution in [0.2, 0.25) is 0 Å². The van der Waals surface area contributed by atoms with Crippen LogP contribution in [0.1, 0.15) is 62.2 Å². The first-order valence-corrected chi connectivity index (χ1v) is 12.2. The van der Waals surface area contributed by atoms with Crippen LogP contribution in [0.4, 0.5) is 10.7 Å². The molecule has 1 amide bonds. The second kappa shape index (κ2) is 9.06. The molecule has 4 rings (SSSR count). The van der Waals surface area contributed by atoms with E-state index in [0.29, 0.717) is 29.2 Å². The minimum Gasteiger partial charge on any atom is -0.497 e. The summed E-state index contributed by atoms with van der Waals surface area (Å²) in [6.07, 6.45) is 1.65. The average molecular weight is 528 g/mol. The second-order valence-corrected chi connectivity index (χ2v) is 10.9. The van der Waals surface area contributed by atoms with Crippen LogP contribution in [0.5, 0.6) is 5.75 Å². The minimum absolute atomic E-state index is 0.219. The van der Waals surface area contributed by atoms with Crippen LogP contribution < -0.4 is 15.0 Å². The van der Waals surface area contributed by atoms with Crippen molar-refractivity contribution in [1.82, 2.24) is 15.3 Å². The SMILES string of the molecule is COc1ccc2c(c1)[C@@H](OC(=O)NC(C)(C)C)C1(CCN(c3nc(C)c(Br)c(C#N)n3)CC1)C2. The van der Waals surface area contributed by atoms with Gasteiger partial charge >= 0.3 is 6.09 Å². The second-order valence-electron chi connectivity index (χ2n) is 10.1. The largest absolute Gasteiger partial charge is 0.497 e. The number of aryl methyl sites for hydroxylation is 1. The first-order valence-electron chi connectivity index (χ1n) is 11.4.